The first-order valence-electron chi connectivity index (χ1n) is 11.7. The van der Waals surface area contributed by atoms with Gasteiger partial charge in [0.25, 0.3) is 0 Å². The Morgan fingerprint density at radius 1 is 0.857 bits per heavy atom. The van der Waals surface area contributed by atoms with Gasteiger partial charge in [0.2, 0.25) is 5.91 Å². The van der Waals surface area contributed by atoms with E-state index in [2.05, 4.69) is 0 Å². The lowest BCUT2D eigenvalue weighted by molar-refractivity contribution is -0.122. The molecule has 1 amide bonds. The molecule has 0 aliphatic carbocycles. The fourth-order valence-electron chi connectivity index (χ4n) is 4.51. The summed E-state index contributed by atoms with van der Waals surface area (Å²) in [4.78, 5) is 25.0. The number of Topliss-reactive ketones (excluding diaryl/α,β-unsaturated/α-hetero) is 1. The molecular weight excluding hydrogens is 462 g/mol. The molecule has 7 heteroatoms. The minimum absolute atomic E-state index is 0.0556. The summed E-state index contributed by atoms with van der Waals surface area (Å²) < 4.78 is 30.1. The summed E-state index contributed by atoms with van der Waals surface area (Å²) >= 11 is 0. The van der Waals surface area contributed by atoms with Crippen molar-refractivity contribution in [3.63, 3.8) is 0 Å². The first-order valence-corrected chi connectivity index (χ1v) is 13.2. The zero-order valence-corrected chi connectivity index (χ0v) is 20.3. The number of ketones is 1. The van der Waals surface area contributed by atoms with Crippen molar-refractivity contribution < 1.29 is 22.7 Å². The van der Waals surface area contributed by atoms with E-state index in [4.69, 9.17) is 10.5 Å². The van der Waals surface area contributed by atoms with Gasteiger partial charge in [-0.3, -0.25) is 9.59 Å². The van der Waals surface area contributed by atoms with Crippen molar-refractivity contribution in [1.29, 1.82) is 0 Å². The molecule has 1 aliphatic rings. The largest absolute Gasteiger partial charge is 0.381 e. The molecule has 3 aromatic carbocycles. The van der Waals surface area contributed by atoms with Crippen LogP contribution in [0.5, 0.6) is 0 Å². The summed E-state index contributed by atoms with van der Waals surface area (Å²) in [5.74, 6) is -0.760. The first kappa shape index (κ1) is 24.8. The molecule has 1 fully saturated rings. The molecule has 35 heavy (non-hydrogen) atoms. The second kappa shape index (κ2) is 10.5. The van der Waals surface area contributed by atoms with E-state index >= 15 is 0 Å². The van der Waals surface area contributed by atoms with E-state index in [0.29, 0.717) is 24.8 Å². The highest BCUT2D eigenvalue weighted by atomic mass is 32.2. The third-order valence-corrected chi connectivity index (χ3v) is 9.19. The van der Waals surface area contributed by atoms with Gasteiger partial charge in [-0.2, -0.15) is 0 Å². The van der Waals surface area contributed by atoms with Gasteiger partial charge in [-0.1, -0.05) is 60.7 Å². The number of carbonyl (C=O) groups excluding carboxylic acids is 2. The van der Waals surface area contributed by atoms with Crippen LogP contribution in [0.2, 0.25) is 0 Å². The van der Waals surface area contributed by atoms with Crippen molar-refractivity contribution in [2.75, 3.05) is 13.2 Å². The average Bonchev–Trinajstić information content (AvgIpc) is 2.89. The van der Waals surface area contributed by atoms with E-state index in [-0.39, 0.29) is 36.7 Å². The number of carbonyl (C=O) groups is 2. The summed E-state index contributed by atoms with van der Waals surface area (Å²) in [5, 5.41) is 0. The summed E-state index contributed by atoms with van der Waals surface area (Å²) in [5.41, 5.74) is 9.21. The second-order valence-corrected chi connectivity index (χ2v) is 11.1. The van der Waals surface area contributed by atoms with Gasteiger partial charge in [0, 0.05) is 25.2 Å². The summed E-state index contributed by atoms with van der Waals surface area (Å²) in [6.07, 6.45) is 1.78. The number of rotatable bonds is 9. The van der Waals surface area contributed by atoms with Crippen LogP contribution in [0.25, 0.3) is 11.1 Å². The molecule has 3 aromatic rings. The quantitative estimate of drug-likeness (QED) is 0.448. The van der Waals surface area contributed by atoms with Gasteiger partial charge in [-0.05, 0) is 60.6 Å². The van der Waals surface area contributed by atoms with E-state index < -0.39 is 20.5 Å². The second-order valence-electron chi connectivity index (χ2n) is 8.84. The number of hydrogen-bond acceptors (Lipinski definition) is 5. The molecule has 0 radical (unpaired) electrons. The van der Waals surface area contributed by atoms with E-state index in [1.54, 1.807) is 12.1 Å². The lowest BCUT2D eigenvalue weighted by atomic mass is 9.98. The number of aryl methyl sites for hydroxylation is 1. The molecule has 0 aromatic heterocycles. The molecule has 0 saturated carbocycles. The van der Waals surface area contributed by atoms with Crippen molar-refractivity contribution in [2.24, 2.45) is 5.73 Å². The van der Waals surface area contributed by atoms with Gasteiger partial charge in [0.05, 0.1) is 4.90 Å². The zero-order chi connectivity index (χ0) is 24.9. The van der Waals surface area contributed by atoms with Crippen LogP contribution in [0.3, 0.4) is 0 Å². The number of nitrogens with two attached hydrogens (primary N) is 1. The van der Waals surface area contributed by atoms with Crippen LogP contribution >= 0.6 is 0 Å². The maximum Gasteiger partial charge on any atom is 0.239 e. The average molecular weight is 492 g/mol. The molecule has 0 unspecified atom stereocenters. The Hall–Kier alpha value is -3.29. The lowest BCUT2D eigenvalue weighted by Gasteiger charge is -2.33. The van der Waals surface area contributed by atoms with Crippen molar-refractivity contribution in [3.8, 4) is 11.1 Å². The number of sulfone groups is 1. The van der Waals surface area contributed by atoms with Crippen LogP contribution in [-0.2, 0) is 25.8 Å². The molecular formula is C28H29NO5S. The standard InChI is InChI=1S/C28H29NO5S/c29-27(31)28(16-18-34-19-17-28)35(32,33)25-14-12-21(13-15-25)6-4-11-26(30)24-10-5-9-23(20-24)22-7-2-1-3-8-22/h1-3,5,7-10,12-15,20H,4,6,11,16-19H2,(H2,29,31). The number of ether oxygens (including phenoxy) is 1. The van der Waals surface area contributed by atoms with E-state index in [1.165, 1.54) is 12.1 Å². The van der Waals surface area contributed by atoms with Crippen molar-refractivity contribution in [1.82, 2.24) is 0 Å². The van der Waals surface area contributed by atoms with E-state index in [0.717, 1.165) is 16.7 Å². The number of amides is 1. The number of primary amides is 1. The third kappa shape index (κ3) is 5.21. The SMILES string of the molecule is NC(=O)C1(S(=O)(=O)c2ccc(CCCC(=O)c3cccc(-c4ccccc4)c3)cc2)CCOCC1. The molecule has 2 N–H and O–H groups in total. The van der Waals surface area contributed by atoms with E-state index in [9.17, 15) is 18.0 Å². The molecule has 1 heterocycles. The van der Waals surface area contributed by atoms with Crippen molar-refractivity contribution in [2.45, 2.75) is 41.7 Å². The monoisotopic (exact) mass is 491 g/mol. The Kier molecular flexibility index (Phi) is 7.48. The Bertz CT molecular complexity index is 1290. The lowest BCUT2D eigenvalue weighted by Crippen LogP contribution is -2.53. The molecule has 1 saturated heterocycles. The fraction of sp³-hybridized carbons (Fsp3) is 0.286. The van der Waals surface area contributed by atoms with Gasteiger partial charge < -0.3 is 10.5 Å². The van der Waals surface area contributed by atoms with Gasteiger partial charge in [0.15, 0.2) is 20.4 Å². The predicted molar refractivity (Wildman–Crippen MR) is 135 cm³/mol. The van der Waals surface area contributed by atoms with Gasteiger partial charge in [-0.25, -0.2) is 8.42 Å². The Labute approximate surface area is 206 Å². The molecule has 4 rings (SSSR count). The Morgan fingerprint density at radius 3 is 2.17 bits per heavy atom. The van der Waals surface area contributed by atoms with Crippen molar-refractivity contribution >= 4 is 21.5 Å². The molecule has 0 bridgehead atoms. The Balaban J connectivity index is 1.38. The number of benzene rings is 3. The topological polar surface area (TPSA) is 104 Å². The normalized spacial score (nSPS) is 15.4. The van der Waals surface area contributed by atoms with Crippen LogP contribution < -0.4 is 5.73 Å². The summed E-state index contributed by atoms with van der Waals surface area (Å²) in [6.45, 7) is 0.366. The molecule has 0 atom stereocenters. The number of hydrogen-bond donors (Lipinski definition) is 1. The molecule has 0 spiro atoms. The highest BCUT2D eigenvalue weighted by Gasteiger charge is 2.51. The third-order valence-electron chi connectivity index (χ3n) is 6.66. The summed E-state index contributed by atoms with van der Waals surface area (Å²) in [7, 11) is -3.95. The van der Waals surface area contributed by atoms with E-state index in [1.807, 2.05) is 54.6 Å². The highest BCUT2D eigenvalue weighted by molar-refractivity contribution is 7.93. The smallest absolute Gasteiger partial charge is 0.239 e. The van der Waals surface area contributed by atoms with Gasteiger partial charge in [-0.15, -0.1) is 0 Å². The minimum Gasteiger partial charge on any atom is -0.381 e. The van der Waals surface area contributed by atoms with Crippen LogP contribution in [0.15, 0.2) is 83.8 Å². The minimum atomic E-state index is -3.95. The van der Waals surface area contributed by atoms with Crippen molar-refractivity contribution in [3.05, 3.63) is 90.0 Å². The maximum absolute atomic E-state index is 13.3. The predicted octanol–water partition coefficient (Wildman–Crippen LogP) is 4.37. The van der Waals surface area contributed by atoms with Crippen LogP contribution in [0.1, 0.15) is 41.6 Å². The van der Waals surface area contributed by atoms with Crippen LogP contribution in [-0.4, -0.2) is 38.1 Å². The zero-order valence-electron chi connectivity index (χ0n) is 19.5. The van der Waals surface area contributed by atoms with Gasteiger partial charge >= 0.3 is 0 Å². The summed E-state index contributed by atoms with van der Waals surface area (Å²) in [6, 6.07) is 24.1. The highest BCUT2D eigenvalue weighted by Crippen LogP contribution is 2.35. The molecule has 1 aliphatic heterocycles. The fourth-order valence-corrected chi connectivity index (χ4v) is 6.42. The van der Waals surface area contributed by atoms with Gasteiger partial charge in [0.1, 0.15) is 0 Å². The van der Waals surface area contributed by atoms with Crippen LogP contribution in [0, 0.1) is 0 Å². The molecule has 6 nitrogen and oxygen atoms in total. The molecule has 182 valence electrons. The first-order chi connectivity index (χ1) is 16.8. The maximum atomic E-state index is 13.3. The van der Waals surface area contributed by atoms with Crippen LogP contribution in [0.4, 0.5) is 0 Å². The Morgan fingerprint density at radius 2 is 1.51 bits per heavy atom.